The number of hydrogen-bond acceptors (Lipinski definition) is 5. The second-order valence-corrected chi connectivity index (χ2v) is 7.04. The highest BCUT2D eigenvalue weighted by Gasteiger charge is 2.25. The third-order valence-electron chi connectivity index (χ3n) is 4.43. The number of likely N-dealkylation sites (tertiary alicyclic amines) is 1. The highest BCUT2D eigenvalue weighted by molar-refractivity contribution is 7.13. The molecular weight excluding hydrogens is 284 g/mol. The minimum absolute atomic E-state index is 0.309. The second kappa shape index (κ2) is 6.75. The molecule has 0 N–H and O–H groups in total. The first-order valence-electron chi connectivity index (χ1n) is 7.87. The number of piperidine rings is 1. The summed E-state index contributed by atoms with van der Waals surface area (Å²) in [5, 5.41) is 3.12. The molecule has 5 nitrogen and oxygen atoms in total. The molecule has 116 valence electrons. The number of thiazole rings is 1. The zero-order valence-electron chi connectivity index (χ0n) is 12.7. The number of rotatable bonds is 3. The van der Waals surface area contributed by atoms with Gasteiger partial charge >= 0.3 is 0 Å². The first-order valence-corrected chi connectivity index (χ1v) is 8.75. The number of nitrogens with zero attached hydrogens (tertiary/aromatic N) is 4. The summed E-state index contributed by atoms with van der Waals surface area (Å²) < 4.78 is 0. The number of amides is 1. The molecule has 0 spiro atoms. The monoisotopic (exact) mass is 308 g/mol. The van der Waals surface area contributed by atoms with Crippen LogP contribution < -0.4 is 4.90 Å². The summed E-state index contributed by atoms with van der Waals surface area (Å²) in [4.78, 5) is 23.4. The number of carbonyl (C=O) groups is 1. The van der Waals surface area contributed by atoms with E-state index in [2.05, 4.69) is 26.6 Å². The summed E-state index contributed by atoms with van der Waals surface area (Å²) in [6.07, 6.45) is 4.27. The maximum absolute atomic E-state index is 12.4. The predicted octanol–water partition coefficient (Wildman–Crippen LogP) is 1.52. The zero-order valence-corrected chi connectivity index (χ0v) is 13.5. The van der Waals surface area contributed by atoms with Crippen LogP contribution in [0.15, 0.2) is 11.6 Å². The Labute approximate surface area is 130 Å². The van der Waals surface area contributed by atoms with Crippen LogP contribution in [0.25, 0.3) is 0 Å². The lowest BCUT2D eigenvalue weighted by Crippen LogP contribution is -2.51. The van der Waals surface area contributed by atoms with Crippen molar-refractivity contribution in [1.82, 2.24) is 14.8 Å². The van der Waals surface area contributed by atoms with Gasteiger partial charge in [-0.1, -0.05) is 6.92 Å². The van der Waals surface area contributed by atoms with Gasteiger partial charge in [0.05, 0.1) is 6.54 Å². The highest BCUT2D eigenvalue weighted by atomic mass is 32.1. The van der Waals surface area contributed by atoms with Gasteiger partial charge in [0, 0.05) is 50.8 Å². The van der Waals surface area contributed by atoms with E-state index >= 15 is 0 Å². The Bertz CT molecular complexity index is 456. The van der Waals surface area contributed by atoms with Crippen molar-refractivity contribution in [3.63, 3.8) is 0 Å². The molecule has 1 amide bonds. The molecule has 21 heavy (non-hydrogen) atoms. The van der Waals surface area contributed by atoms with Crippen LogP contribution in [0.1, 0.15) is 19.8 Å². The molecule has 0 aliphatic carbocycles. The van der Waals surface area contributed by atoms with Gasteiger partial charge in [0.25, 0.3) is 0 Å². The van der Waals surface area contributed by atoms with E-state index in [1.165, 1.54) is 6.42 Å². The number of hydrogen-bond donors (Lipinski definition) is 0. The Morgan fingerprint density at radius 2 is 2.14 bits per heavy atom. The Morgan fingerprint density at radius 1 is 1.33 bits per heavy atom. The fourth-order valence-electron chi connectivity index (χ4n) is 3.18. The van der Waals surface area contributed by atoms with Crippen LogP contribution in [0, 0.1) is 5.92 Å². The molecule has 0 aromatic carbocycles. The largest absolute Gasteiger partial charge is 0.346 e. The van der Waals surface area contributed by atoms with E-state index in [0.717, 1.165) is 50.8 Å². The zero-order chi connectivity index (χ0) is 14.7. The van der Waals surface area contributed by atoms with Crippen LogP contribution in [0.3, 0.4) is 0 Å². The molecule has 1 aromatic heterocycles. The molecule has 0 bridgehead atoms. The third-order valence-corrected chi connectivity index (χ3v) is 5.26. The van der Waals surface area contributed by atoms with Gasteiger partial charge in [0.1, 0.15) is 0 Å². The third kappa shape index (κ3) is 3.74. The van der Waals surface area contributed by atoms with Gasteiger partial charge in [-0.2, -0.15) is 0 Å². The van der Waals surface area contributed by atoms with E-state index in [-0.39, 0.29) is 0 Å². The molecule has 2 aliphatic rings. The Balaban J connectivity index is 1.45. The average molecular weight is 308 g/mol. The van der Waals surface area contributed by atoms with Crippen molar-refractivity contribution in [3.05, 3.63) is 11.6 Å². The van der Waals surface area contributed by atoms with Gasteiger partial charge in [0.2, 0.25) is 5.91 Å². The van der Waals surface area contributed by atoms with Crippen molar-refractivity contribution in [1.29, 1.82) is 0 Å². The first-order chi connectivity index (χ1) is 10.2. The van der Waals surface area contributed by atoms with Crippen LogP contribution in [0.2, 0.25) is 0 Å². The molecule has 6 heteroatoms. The van der Waals surface area contributed by atoms with Crippen molar-refractivity contribution >= 4 is 22.4 Å². The van der Waals surface area contributed by atoms with Crippen molar-refractivity contribution < 1.29 is 4.79 Å². The molecular formula is C15H24N4OS. The Morgan fingerprint density at radius 3 is 2.81 bits per heavy atom. The minimum atomic E-state index is 0.309. The molecule has 0 radical (unpaired) electrons. The van der Waals surface area contributed by atoms with Gasteiger partial charge in [-0.3, -0.25) is 9.69 Å². The molecule has 3 rings (SSSR count). The lowest BCUT2D eigenvalue weighted by molar-refractivity contribution is -0.134. The van der Waals surface area contributed by atoms with E-state index in [9.17, 15) is 4.79 Å². The minimum Gasteiger partial charge on any atom is -0.346 e. The van der Waals surface area contributed by atoms with Crippen molar-refractivity contribution in [2.75, 3.05) is 50.7 Å². The van der Waals surface area contributed by atoms with Crippen LogP contribution in [-0.2, 0) is 4.79 Å². The van der Waals surface area contributed by atoms with Crippen molar-refractivity contribution in [3.8, 4) is 0 Å². The topological polar surface area (TPSA) is 39.7 Å². The molecule has 0 saturated carbocycles. The molecule has 1 aromatic rings. The van der Waals surface area contributed by atoms with Gasteiger partial charge in [-0.25, -0.2) is 4.98 Å². The molecule has 1 unspecified atom stereocenters. The smallest absolute Gasteiger partial charge is 0.236 e. The van der Waals surface area contributed by atoms with Crippen molar-refractivity contribution in [2.24, 2.45) is 5.92 Å². The molecule has 2 aliphatic heterocycles. The van der Waals surface area contributed by atoms with E-state index in [4.69, 9.17) is 0 Å². The SMILES string of the molecule is CC1CCCN(C(=O)CN2CCN(c3nccs3)CC2)C1. The van der Waals surface area contributed by atoms with Gasteiger partial charge in [-0.05, 0) is 18.8 Å². The summed E-state index contributed by atoms with van der Waals surface area (Å²) in [6.45, 7) is 8.56. The fraction of sp³-hybridized carbons (Fsp3) is 0.733. The Kier molecular flexibility index (Phi) is 4.75. The van der Waals surface area contributed by atoms with Crippen molar-refractivity contribution in [2.45, 2.75) is 19.8 Å². The van der Waals surface area contributed by atoms with E-state index in [1.54, 1.807) is 11.3 Å². The standard InChI is InChI=1S/C15H24N4OS/c1-13-3-2-5-19(11-13)14(20)12-17-6-8-18(9-7-17)15-16-4-10-21-15/h4,10,13H,2-3,5-9,11-12H2,1H3. The van der Waals surface area contributed by atoms with Crippen LogP contribution >= 0.6 is 11.3 Å². The number of aromatic nitrogens is 1. The average Bonchev–Trinajstić information content (AvgIpc) is 3.02. The van der Waals surface area contributed by atoms with Gasteiger partial charge in [0.15, 0.2) is 5.13 Å². The summed E-state index contributed by atoms with van der Waals surface area (Å²) in [6, 6.07) is 0. The Hall–Kier alpha value is -1.14. The van der Waals surface area contributed by atoms with Gasteiger partial charge in [-0.15, -0.1) is 11.3 Å². The van der Waals surface area contributed by atoms with E-state index < -0.39 is 0 Å². The number of anilines is 1. The van der Waals surface area contributed by atoms with E-state index in [0.29, 0.717) is 18.4 Å². The first kappa shape index (κ1) is 14.8. The normalized spacial score (nSPS) is 24.3. The fourth-order valence-corrected chi connectivity index (χ4v) is 3.87. The quantitative estimate of drug-likeness (QED) is 0.849. The maximum atomic E-state index is 12.4. The lowest BCUT2D eigenvalue weighted by atomic mass is 10.0. The highest BCUT2D eigenvalue weighted by Crippen LogP contribution is 2.19. The summed E-state index contributed by atoms with van der Waals surface area (Å²) in [5.74, 6) is 0.966. The molecule has 1 atom stereocenters. The van der Waals surface area contributed by atoms with Gasteiger partial charge < -0.3 is 9.80 Å². The molecule has 2 saturated heterocycles. The summed E-state index contributed by atoms with van der Waals surface area (Å²) in [5.41, 5.74) is 0. The lowest BCUT2D eigenvalue weighted by Gasteiger charge is -2.36. The van der Waals surface area contributed by atoms with Crippen LogP contribution in [-0.4, -0.2) is 66.5 Å². The molecule has 2 fully saturated rings. The summed E-state index contributed by atoms with van der Waals surface area (Å²) in [7, 11) is 0. The predicted molar refractivity (Wildman–Crippen MR) is 85.7 cm³/mol. The van der Waals surface area contributed by atoms with Crippen LogP contribution in [0.5, 0.6) is 0 Å². The maximum Gasteiger partial charge on any atom is 0.236 e. The van der Waals surface area contributed by atoms with Crippen LogP contribution in [0.4, 0.5) is 5.13 Å². The summed E-state index contributed by atoms with van der Waals surface area (Å²) >= 11 is 1.69. The second-order valence-electron chi connectivity index (χ2n) is 6.17. The van der Waals surface area contributed by atoms with E-state index in [1.807, 2.05) is 11.6 Å². The number of carbonyl (C=O) groups excluding carboxylic acids is 1. The molecule has 3 heterocycles. The number of piperazine rings is 1.